The van der Waals surface area contributed by atoms with Gasteiger partial charge in [0.25, 0.3) is 10.1 Å². The first-order valence-electron chi connectivity index (χ1n) is 5.38. The summed E-state index contributed by atoms with van der Waals surface area (Å²) in [5, 5.41) is 7.34. The Morgan fingerprint density at radius 2 is 1.94 bits per heavy atom. The topological polar surface area (TPSA) is 104 Å². The minimum atomic E-state index is -4.30. The molecule has 0 amide bonds. The normalized spacial score (nSPS) is 20.1. The van der Waals surface area contributed by atoms with Gasteiger partial charge in [-0.1, -0.05) is 0 Å². The maximum atomic E-state index is 11.0. The molecule has 1 unspecified atom stereocenters. The Kier molecular flexibility index (Phi) is 5.31. The van der Waals surface area contributed by atoms with Crippen molar-refractivity contribution in [3.8, 4) is 0 Å². The number of carboxylic acid groups (broad SMARTS) is 1. The van der Waals surface area contributed by atoms with Crippen molar-refractivity contribution in [3.63, 3.8) is 0 Å². The van der Waals surface area contributed by atoms with Crippen LogP contribution in [0.2, 0.25) is 0 Å². The van der Waals surface area contributed by atoms with Crippen LogP contribution in [0.15, 0.2) is 0 Å². The largest absolute Gasteiger partial charge is 0.481 e. The molecule has 2 N–H and O–H groups in total. The summed E-state index contributed by atoms with van der Waals surface area (Å²) in [5.41, 5.74) is 0. The molecule has 1 heterocycles. The predicted octanol–water partition coefficient (Wildman–Crippen LogP) is -0.560. The number of ether oxygens (including phenoxy) is 1. The molecule has 1 rings (SSSR count). The van der Waals surface area contributed by atoms with Crippen LogP contribution in [0.3, 0.4) is 0 Å². The van der Waals surface area contributed by atoms with E-state index in [9.17, 15) is 13.2 Å². The van der Waals surface area contributed by atoms with Gasteiger partial charge in [-0.25, -0.2) is 0 Å². The van der Waals surface area contributed by atoms with Crippen molar-refractivity contribution >= 4 is 16.1 Å². The molecular weight excluding hydrogens is 250 g/mol. The monoisotopic (exact) mass is 267 g/mol. The van der Waals surface area contributed by atoms with Crippen molar-refractivity contribution < 1.29 is 27.6 Å². The standard InChI is InChI=1S/C9H17NO6S/c11-9(12)7-8(17(13,14)15)1-2-10-3-5-16-6-4-10/h8H,1-7H2,(H,11,12)(H,13,14,15). The Morgan fingerprint density at radius 1 is 1.35 bits per heavy atom. The number of hydrogen-bond acceptors (Lipinski definition) is 5. The lowest BCUT2D eigenvalue weighted by molar-refractivity contribution is -0.137. The van der Waals surface area contributed by atoms with Gasteiger partial charge in [0.1, 0.15) is 0 Å². The maximum absolute atomic E-state index is 11.0. The fourth-order valence-corrected chi connectivity index (χ4v) is 2.46. The first-order valence-corrected chi connectivity index (χ1v) is 6.88. The third-order valence-electron chi connectivity index (χ3n) is 2.69. The molecule has 0 saturated carbocycles. The summed E-state index contributed by atoms with van der Waals surface area (Å²) in [4.78, 5) is 12.5. The first-order chi connectivity index (χ1) is 7.89. The smallest absolute Gasteiger partial charge is 0.304 e. The quantitative estimate of drug-likeness (QED) is 0.621. The molecule has 1 atom stereocenters. The molecule has 0 spiro atoms. The van der Waals surface area contributed by atoms with Crippen LogP contribution >= 0.6 is 0 Å². The molecular formula is C9H17NO6S. The Bertz CT molecular complexity index is 348. The second kappa shape index (κ2) is 6.29. The van der Waals surface area contributed by atoms with Crippen molar-refractivity contribution in [1.29, 1.82) is 0 Å². The number of nitrogens with zero attached hydrogens (tertiary/aromatic N) is 1. The fourth-order valence-electron chi connectivity index (χ4n) is 1.70. The van der Waals surface area contributed by atoms with Crippen LogP contribution in [-0.4, -0.2) is 67.0 Å². The molecule has 8 heteroatoms. The summed E-state index contributed by atoms with van der Waals surface area (Å²) in [5.74, 6) is -1.23. The first kappa shape index (κ1) is 14.4. The molecule has 17 heavy (non-hydrogen) atoms. The van der Waals surface area contributed by atoms with Gasteiger partial charge in [-0.3, -0.25) is 14.2 Å². The Hall–Kier alpha value is -0.700. The molecule has 1 aliphatic rings. The number of aliphatic carboxylic acids is 1. The fraction of sp³-hybridized carbons (Fsp3) is 0.889. The van der Waals surface area contributed by atoms with E-state index < -0.39 is 27.8 Å². The minimum Gasteiger partial charge on any atom is -0.481 e. The lowest BCUT2D eigenvalue weighted by atomic mass is 10.2. The third-order valence-corrected chi connectivity index (χ3v) is 3.94. The van der Waals surface area contributed by atoms with E-state index in [0.29, 0.717) is 32.8 Å². The number of rotatable bonds is 6. The van der Waals surface area contributed by atoms with E-state index >= 15 is 0 Å². The lowest BCUT2D eigenvalue weighted by Crippen LogP contribution is -2.39. The van der Waals surface area contributed by atoms with Crippen LogP contribution < -0.4 is 0 Å². The van der Waals surface area contributed by atoms with Crippen molar-refractivity contribution in [1.82, 2.24) is 4.90 Å². The molecule has 0 aromatic rings. The van der Waals surface area contributed by atoms with Crippen molar-refractivity contribution in [3.05, 3.63) is 0 Å². The van der Waals surface area contributed by atoms with Crippen LogP contribution in [0.25, 0.3) is 0 Å². The highest BCUT2D eigenvalue weighted by molar-refractivity contribution is 7.86. The number of carboxylic acids is 1. The minimum absolute atomic E-state index is 0.116. The van der Waals surface area contributed by atoms with E-state index in [1.807, 2.05) is 4.90 Å². The average molecular weight is 267 g/mol. The molecule has 1 aliphatic heterocycles. The zero-order chi connectivity index (χ0) is 12.9. The highest BCUT2D eigenvalue weighted by Gasteiger charge is 2.26. The molecule has 0 aliphatic carbocycles. The van der Waals surface area contributed by atoms with Gasteiger partial charge in [0, 0.05) is 13.1 Å². The molecule has 0 aromatic heterocycles. The van der Waals surface area contributed by atoms with Gasteiger partial charge in [-0.15, -0.1) is 0 Å². The van der Waals surface area contributed by atoms with Crippen molar-refractivity contribution in [2.24, 2.45) is 0 Å². The lowest BCUT2D eigenvalue weighted by Gasteiger charge is -2.27. The molecule has 100 valence electrons. The van der Waals surface area contributed by atoms with Crippen LogP contribution in [0.5, 0.6) is 0 Å². The SMILES string of the molecule is O=C(O)CC(CCN1CCOCC1)S(=O)(=O)O. The van der Waals surface area contributed by atoms with Gasteiger partial charge in [-0.2, -0.15) is 8.42 Å². The summed E-state index contributed by atoms with van der Waals surface area (Å²) in [7, 11) is -4.30. The van der Waals surface area contributed by atoms with E-state index in [1.165, 1.54) is 0 Å². The van der Waals surface area contributed by atoms with Crippen LogP contribution in [0.4, 0.5) is 0 Å². The second-order valence-corrected chi connectivity index (χ2v) is 5.67. The van der Waals surface area contributed by atoms with E-state index in [4.69, 9.17) is 14.4 Å². The van der Waals surface area contributed by atoms with Crippen LogP contribution in [0.1, 0.15) is 12.8 Å². The molecule has 0 bridgehead atoms. The third kappa shape index (κ3) is 5.44. The molecule has 7 nitrogen and oxygen atoms in total. The summed E-state index contributed by atoms with van der Waals surface area (Å²) < 4.78 is 36.0. The number of carbonyl (C=O) groups is 1. The van der Waals surface area contributed by atoms with Crippen molar-refractivity contribution in [2.75, 3.05) is 32.8 Å². The highest BCUT2D eigenvalue weighted by Crippen LogP contribution is 2.11. The van der Waals surface area contributed by atoms with Crippen molar-refractivity contribution in [2.45, 2.75) is 18.1 Å². The zero-order valence-electron chi connectivity index (χ0n) is 9.41. The van der Waals surface area contributed by atoms with Gasteiger partial charge in [0.15, 0.2) is 0 Å². The van der Waals surface area contributed by atoms with Crippen LogP contribution in [-0.2, 0) is 19.6 Å². The summed E-state index contributed by atoms with van der Waals surface area (Å²) in [6.07, 6.45) is -0.450. The van der Waals surface area contributed by atoms with E-state index in [0.717, 1.165) is 0 Å². The summed E-state index contributed by atoms with van der Waals surface area (Å²) in [6.45, 7) is 3.03. The Morgan fingerprint density at radius 3 is 2.41 bits per heavy atom. The molecule has 1 saturated heterocycles. The van der Waals surface area contributed by atoms with Gasteiger partial charge in [0.2, 0.25) is 0 Å². The summed E-state index contributed by atoms with van der Waals surface area (Å²) in [6, 6.07) is 0. The van der Waals surface area contributed by atoms with Gasteiger partial charge < -0.3 is 9.84 Å². The van der Waals surface area contributed by atoms with Crippen LogP contribution in [0, 0.1) is 0 Å². The molecule has 0 aromatic carbocycles. The Balaban J connectivity index is 2.45. The van der Waals surface area contributed by atoms with Gasteiger partial charge in [-0.05, 0) is 13.0 Å². The predicted molar refractivity (Wildman–Crippen MR) is 59.5 cm³/mol. The van der Waals surface area contributed by atoms with Gasteiger partial charge >= 0.3 is 5.97 Å². The maximum Gasteiger partial charge on any atom is 0.304 e. The summed E-state index contributed by atoms with van der Waals surface area (Å²) >= 11 is 0. The molecule has 1 fully saturated rings. The Labute approximate surface area is 100 Å². The van der Waals surface area contributed by atoms with E-state index in [-0.39, 0.29) is 6.42 Å². The van der Waals surface area contributed by atoms with Gasteiger partial charge in [0.05, 0.1) is 24.9 Å². The average Bonchev–Trinajstić information content (AvgIpc) is 2.23. The highest BCUT2D eigenvalue weighted by atomic mass is 32.2. The molecule has 0 radical (unpaired) electrons. The number of morpholine rings is 1. The van der Waals surface area contributed by atoms with E-state index in [1.54, 1.807) is 0 Å². The second-order valence-electron chi connectivity index (χ2n) is 3.98. The number of hydrogen-bond donors (Lipinski definition) is 2. The van der Waals surface area contributed by atoms with E-state index in [2.05, 4.69) is 0 Å². The zero-order valence-corrected chi connectivity index (χ0v) is 10.2.